The van der Waals surface area contributed by atoms with Crippen LogP contribution >= 0.6 is 12.4 Å². The summed E-state index contributed by atoms with van der Waals surface area (Å²) in [5.41, 5.74) is 0.201. The minimum Gasteiger partial charge on any atom is -0.310 e. The van der Waals surface area contributed by atoms with E-state index in [-0.39, 0.29) is 24.0 Å². The molecule has 0 aromatic heterocycles. The minimum atomic E-state index is -0.440. The van der Waals surface area contributed by atoms with Crippen LogP contribution in [0.5, 0.6) is 0 Å². The maximum atomic E-state index is 13.4. The number of benzene rings is 1. The van der Waals surface area contributed by atoms with Gasteiger partial charge in [-0.15, -0.1) is 12.4 Å². The van der Waals surface area contributed by atoms with E-state index >= 15 is 0 Å². The maximum absolute atomic E-state index is 13.4. The standard InChI is InChI=1S/C11H13F2N.ClH/c12-8-4-3-5-9(13)11(8)10-6-1-2-7-14-10;/h3-5,10,14H,1-2,6-7H2;1H/t10-;/m1./s1. The Morgan fingerprint density at radius 2 is 1.80 bits per heavy atom. The van der Waals surface area contributed by atoms with Gasteiger partial charge in [0.25, 0.3) is 0 Å². The van der Waals surface area contributed by atoms with E-state index in [2.05, 4.69) is 5.32 Å². The number of hydrogen-bond donors (Lipinski definition) is 1. The molecule has 1 N–H and O–H groups in total. The molecule has 2 rings (SSSR count). The number of rotatable bonds is 1. The average Bonchev–Trinajstić information content (AvgIpc) is 2.19. The molecule has 1 aliphatic rings. The van der Waals surface area contributed by atoms with Gasteiger partial charge < -0.3 is 5.32 Å². The van der Waals surface area contributed by atoms with Gasteiger partial charge in [0.1, 0.15) is 11.6 Å². The summed E-state index contributed by atoms with van der Waals surface area (Å²) in [5, 5.41) is 3.14. The molecule has 1 aromatic carbocycles. The van der Waals surface area contributed by atoms with Gasteiger partial charge >= 0.3 is 0 Å². The van der Waals surface area contributed by atoms with E-state index in [0.29, 0.717) is 0 Å². The fourth-order valence-electron chi connectivity index (χ4n) is 1.94. The molecule has 1 nitrogen and oxygen atoms in total. The number of piperidine rings is 1. The van der Waals surface area contributed by atoms with Crippen molar-refractivity contribution in [1.82, 2.24) is 5.32 Å². The monoisotopic (exact) mass is 233 g/mol. The van der Waals surface area contributed by atoms with Crippen LogP contribution in [0, 0.1) is 11.6 Å². The van der Waals surface area contributed by atoms with Crippen molar-refractivity contribution in [3.05, 3.63) is 35.4 Å². The van der Waals surface area contributed by atoms with Crippen LogP contribution < -0.4 is 5.32 Å². The minimum absolute atomic E-state index is 0. The molecule has 0 unspecified atom stereocenters. The second-order valence-corrected chi connectivity index (χ2v) is 3.64. The molecule has 15 heavy (non-hydrogen) atoms. The second-order valence-electron chi connectivity index (χ2n) is 3.64. The van der Waals surface area contributed by atoms with Gasteiger partial charge in [-0.05, 0) is 31.5 Å². The molecular weight excluding hydrogens is 220 g/mol. The quantitative estimate of drug-likeness (QED) is 0.786. The summed E-state index contributed by atoms with van der Waals surface area (Å²) < 4.78 is 26.7. The van der Waals surface area contributed by atoms with Gasteiger partial charge in [0, 0.05) is 11.6 Å². The summed E-state index contributed by atoms with van der Waals surface area (Å²) in [4.78, 5) is 0. The topological polar surface area (TPSA) is 12.0 Å². The highest BCUT2D eigenvalue weighted by atomic mass is 35.5. The zero-order chi connectivity index (χ0) is 9.97. The van der Waals surface area contributed by atoms with Gasteiger partial charge in [0.15, 0.2) is 0 Å². The van der Waals surface area contributed by atoms with Crippen molar-refractivity contribution in [2.75, 3.05) is 6.54 Å². The third-order valence-corrected chi connectivity index (χ3v) is 2.66. The lowest BCUT2D eigenvalue weighted by molar-refractivity contribution is 0.385. The molecule has 4 heteroatoms. The summed E-state index contributed by atoms with van der Waals surface area (Å²) >= 11 is 0. The number of nitrogens with one attached hydrogen (secondary N) is 1. The van der Waals surface area contributed by atoms with Gasteiger partial charge in [0.05, 0.1) is 0 Å². The van der Waals surface area contributed by atoms with E-state index < -0.39 is 11.6 Å². The highest BCUT2D eigenvalue weighted by Gasteiger charge is 2.21. The lowest BCUT2D eigenvalue weighted by Gasteiger charge is -2.24. The second kappa shape index (κ2) is 5.42. The van der Waals surface area contributed by atoms with Crippen molar-refractivity contribution in [2.45, 2.75) is 25.3 Å². The molecule has 1 atom stereocenters. The Labute approximate surface area is 94.3 Å². The fourth-order valence-corrected chi connectivity index (χ4v) is 1.94. The van der Waals surface area contributed by atoms with Crippen LogP contribution in [0.15, 0.2) is 18.2 Å². The molecule has 0 saturated carbocycles. The van der Waals surface area contributed by atoms with Gasteiger partial charge in [0.2, 0.25) is 0 Å². The molecule has 0 aliphatic carbocycles. The predicted molar refractivity (Wildman–Crippen MR) is 58.2 cm³/mol. The molecule has 0 radical (unpaired) electrons. The molecule has 0 amide bonds. The smallest absolute Gasteiger partial charge is 0.130 e. The van der Waals surface area contributed by atoms with E-state index in [0.717, 1.165) is 25.8 Å². The van der Waals surface area contributed by atoms with Crippen molar-refractivity contribution in [2.24, 2.45) is 0 Å². The molecule has 0 spiro atoms. The number of hydrogen-bond acceptors (Lipinski definition) is 1. The van der Waals surface area contributed by atoms with Crippen molar-refractivity contribution in [1.29, 1.82) is 0 Å². The highest BCUT2D eigenvalue weighted by Crippen LogP contribution is 2.27. The van der Waals surface area contributed by atoms with Crippen LogP contribution in [0.3, 0.4) is 0 Å². The van der Waals surface area contributed by atoms with Crippen molar-refractivity contribution >= 4 is 12.4 Å². The van der Waals surface area contributed by atoms with Crippen LogP contribution in [0.4, 0.5) is 8.78 Å². The van der Waals surface area contributed by atoms with Crippen LogP contribution in [0.1, 0.15) is 30.9 Å². The van der Waals surface area contributed by atoms with E-state index in [1.54, 1.807) is 0 Å². The lowest BCUT2D eigenvalue weighted by atomic mass is 9.97. The summed E-state index contributed by atoms with van der Waals surface area (Å²) in [5.74, 6) is -0.881. The van der Waals surface area contributed by atoms with Crippen LogP contribution in [-0.2, 0) is 0 Å². The molecule has 1 saturated heterocycles. The first-order valence-corrected chi connectivity index (χ1v) is 4.96. The Bertz CT molecular complexity index is 304. The Balaban J connectivity index is 0.00000112. The van der Waals surface area contributed by atoms with Gasteiger partial charge in [-0.1, -0.05) is 12.5 Å². The van der Waals surface area contributed by atoms with E-state index in [1.165, 1.54) is 18.2 Å². The molecule has 1 heterocycles. The van der Waals surface area contributed by atoms with Gasteiger partial charge in [-0.3, -0.25) is 0 Å². The Kier molecular flexibility index (Phi) is 4.48. The summed E-state index contributed by atoms with van der Waals surface area (Å²) in [7, 11) is 0. The summed E-state index contributed by atoms with van der Waals surface area (Å²) in [6, 6.07) is 3.88. The zero-order valence-electron chi connectivity index (χ0n) is 8.30. The third-order valence-electron chi connectivity index (χ3n) is 2.66. The summed E-state index contributed by atoms with van der Waals surface area (Å²) in [6.07, 6.45) is 2.94. The SMILES string of the molecule is Cl.Fc1cccc(F)c1[C@H]1CCCCN1. The largest absolute Gasteiger partial charge is 0.310 e. The normalized spacial score (nSPS) is 20.8. The van der Waals surface area contributed by atoms with Crippen LogP contribution in [-0.4, -0.2) is 6.54 Å². The summed E-state index contributed by atoms with van der Waals surface area (Å²) in [6.45, 7) is 0.846. The van der Waals surface area contributed by atoms with Crippen molar-refractivity contribution in [3.63, 3.8) is 0 Å². The van der Waals surface area contributed by atoms with Crippen molar-refractivity contribution < 1.29 is 8.78 Å². The number of halogens is 3. The molecule has 1 fully saturated rings. The van der Waals surface area contributed by atoms with Crippen LogP contribution in [0.25, 0.3) is 0 Å². The van der Waals surface area contributed by atoms with E-state index in [4.69, 9.17) is 0 Å². The first-order valence-electron chi connectivity index (χ1n) is 4.96. The third kappa shape index (κ3) is 2.67. The fraction of sp³-hybridized carbons (Fsp3) is 0.455. The molecular formula is C11H14ClF2N. The Morgan fingerprint density at radius 3 is 2.33 bits per heavy atom. The molecule has 1 aliphatic heterocycles. The zero-order valence-corrected chi connectivity index (χ0v) is 9.12. The predicted octanol–water partition coefficient (Wildman–Crippen LogP) is 3.20. The van der Waals surface area contributed by atoms with E-state index in [9.17, 15) is 8.78 Å². The first-order chi connectivity index (χ1) is 6.79. The van der Waals surface area contributed by atoms with E-state index in [1.807, 2.05) is 0 Å². The maximum Gasteiger partial charge on any atom is 0.130 e. The van der Waals surface area contributed by atoms with Crippen LogP contribution in [0.2, 0.25) is 0 Å². The highest BCUT2D eigenvalue weighted by molar-refractivity contribution is 5.85. The van der Waals surface area contributed by atoms with Gasteiger partial charge in [-0.25, -0.2) is 8.78 Å². The lowest BCUT2D eigenvalue weighted by Crippen LogP contribution is -2.28. The Morgan fingerprint density at radius 1 is 1.13 bits per heavy atom. The molecule has 0 bridgehead atoms. The van der Waals surface area contributed by atoms with Gasteiger partial charge in [-0.2, -0.15) is 0 Å². The molecule has 1 aromatic rings. The molecule has 84 valence electrons. The Hall–Kier alpha value is -0.670. The van der Waals surface area contributed by atoms with Crippen molar-refractivity contribution in [3.8, 4) is 0 Å². The average molecular weight is 234 g/mol. The first kappa shape index (κ1) is 12.4.